The first-order chi connectivity index (χ1) is 13.6. The lowest BCUT2D eigenvalue weighted by molar-refractivity contribution is 0.0949. The van der Waals surface area contributed by atoms with E-state index in [0.29, 0.717) is 36.6 Å². The zero-order valence-corrected chi connectivity index (χ0v) is 16.6. The number of amides is 2. The van der Waals surface area contributed by atoms with E-state index in [1.54, 1.807) is 20.3 Å². The minimum atomic E-state index is -0.316. The molecule has 0 fully saturated rings. The number of hydrogen-bond donors (Lipinski definition) is 2. The first-order valence-corrected chi connectivity index (χ1v) is 9.32. The van der Waals surface area contributed by atoms with Crippen molar-refractivity contribution in [2.75, 3.05) is 27.3 Å². The maximum atomic E-state index is 12.3. The molecule has 2 aromatic rings. The Balaban J connectivity index is 1.91. The summed E-state index contributed by atoms with van der Waals surface area (Å²) in [5.74, 6) is 0.794. The van der Waals surface area contributed by atoms with Gasteiger partial charge < -0.3 is 20.1 Å². The Morgan fingerprint density at radius 1 is 0.964 bits per heavy atom. The molecule has 7 nitrogen and oxygen atoms in total. The summed E-state index contributed by atoms with van der Waals surface area (Å²) in [7, 11) is 3.17. The van der Waals surface area contributed by atoms with Crippen LogP contribution in [0.4, 0.5) is 0 Å². The molecule has 0 spiro atoms. The van der Waals surface area contributed by atoms with E-state index in [9.17, 15) is 9.59 Å². The van der Waals surface area contributed by atoms with E-state index < -0.39 is 0 Å². The smallest absolute Gasteiger partial charge is 0.269 e. The molecule has 0 radical (unpaired) electrons. The molecule has 0 aliphatic carbocycles. The predicted octanol–water partition coefficient (Wildman–Crippen LogP) is 2.60. The normalized spacial score (nSPS) is 10.2. The summed E-state index contributed by atoms with van der Waals surface area (Å²) in [5.41, 5.74) is 1.65. The summed E-state index contributed by atoms with van der Waals surface area (Å²) in [6.07, 6.45) is 4.02. The Hall–Kier alpha value is -3.09. The third kappa shape index (κ3) is 5.97. The highest BCUT2D eigenvalue weighted by Crippen LogP contribution is 2.27. The number of ether oxygens (including phenoxy) is 2. The van der Waals surface area contributed by atoms with E-state index in [2.05, 4.69) is 22.5 Å². The molecule has 2 rings (SSSR count). The fourth-order valence-corrected chi connectivity index (χ4v) is 2.62. The number of aromatic nitrogens is 1. The fourth-order valence-electron chi connectivity index (χ4n) is 2.62. The van der Waals surface area contributed by atoms with Gasteiger partial charge in [-0.2, -0.15) is 0 Å². The average Bonchev–Trinajstić information content (AvgIpc) is 2.73. The van der Waals surface area contributed by atoms with Crippen LogP contribution in [0.1, 0.15) is 46.2 Å². The summed E-state index contributed by atoms with van der Waals surface area (Å²) in [4.78, 5) is 28.5. The van der Waals surface area contributed by atoms with Gasteiger partial charge in [0.2, 0.25) is 0 Å². The number of rotatable bonds is 10. The second-order valence-electron chi connectivity index (χ2n) is 6.23. The lowest BCUT2D eigenvalue weighted by Crippen LogP contribution is -2.28. The van der Waals surface area contributed by atoms with E-state index in [0.717, 1.165) is 18.4 Å². The van der Waals surface area contributed by atoms with Gasteiger partial charge in [-0.15, -0.1) is 0 Å². The summed E-state index contributed by atoms with van der Waals surface area (Å²) in [6.45, 7) is 3.11. The first-order valence-electron chi connectivity index (χ1n) is 9.32. The van der Waals surface area contributed by atoms with Crippen LogP contribution in [0, 0.1) is 0 Å². The average molecular weight is 385 g/mol. The Bertz CT molecular complexity index is 808. The van der Waals surface area contributed by atoms with Crippen molar-refractivity contribution >= 4 is 11.8 Å². The van der Waals surface area contributed by atoms with Crippen molar-refractivity contribution < 1.29 is 19.1 Å². The third-order valence-corrected chi connectivity index (χ3v) is 4.22. The molecule has 0 saturated carbocycles. The topological polar surface area (TPSA) is 89.6 Å². The van der Waals surface area contributed by atoms with Crippen LogP contribution in [-0.2, 0) is 6.42 Å². The van der Waals surface area contributed by atoms with Gasteiger partial charge in [0.05, 0.1) is 14.2 Å². The molecule has 150 valence electrons. The minimum Gasteiger partial charge on any atom is -0.493 e. The highest BCUT2D eigenvalue weighted by Gasteiger charge is 2.12. The quantitative estimate of drug-likeness (QED) is 0.614. The summed E-state index contributed by atoms with van der Waals surface area (Å²) in [5, 5.41) is 5.66. The molecule has 1 aromatic heterocycles. The Morgan fingerprint density at radius 3 is 2.43 bits per heavy atom. The molecule has 0 saturated heterocycles. The highest BCUT2D eigenvalue weighted by atomic mass is 16.5. The zero-order valence-electron chi connectivity index (χ0n) is 16.6. The largest absolute Gasteiger partial charge is 0.493 e. The van der Waals surface area contributed by atoms with Gasteiger partial charge in [-0.3, -0.25) is 14.6 Å². The monoisotopic (exact) mass is 385 g/mol. The fraction of sp³-hybridized carbons (Fsp3) is 0.381. The van der Waals surface area contributed by atoms with Crippen LogP contribution in [0.2, 0.25) is 0 Å². The van der Waals surface area contributed by atoms with Gasteiger partial charge in [-0.1, -0.05) is 19.4 Å². The van der Waals surface area contributed by atoms with Gasteiger partial charge in [0.25, 0.3) is 11.8 Å². The Morgan fingerprint density at radius 2 is 1.71 bits per heavy atom. The summed E-state index contributed by atoms with van der Waals surface area (Å²) in [6, 6.07) is 8.74. The van der Waals surface area contributed by atoms with E-state index >= 15 is 0 Å². The van der Waals surface area contributed by atoms with Gasteiger partial charge in [-0.25, -0.2) is 0 Å². The van der Waals surface area contributed by atoms with Crippen LogP contribution in [0.15, 0.2) is 36.5 Å². The standard InChI is InChI=1S/C21H27N3O4/c1-4-5-10-23-20(25)16-9-12-22-17(14-16)21(26)24-11-8-15-6-7-18(27-2)19(13-15)28-3/h6-7,9,12-14H,4-5,8,10-11H2,1-3H3,(H,23,25)(H,24,26). The molecule has 0 atom stereocenters. The van der Waals surface area contributed by atoms with Crippen LogP contribution in [-0.4, -0.2) is 44.1 Å². The molecule has 0 unspecified atom stereocenters. The number of hydrogen-bond acceptors (Lipinski definition) is 5. The van der Waals surface area contributed by atoms with Crippen molar-refractivity contribution in [3.05, 3.63) is 53.3 Å². The van der Waals surface area contributed by atoms with E-state index in [-0.39, 0.29) is 17.5 Å². The number of pyridine rings is 1. The second-order valence-corrected chi connectivity index (χ2v) is 6.23. The molecular weight excluding hydrogens is 358 g/mol. The molecule has 0 bridgehead atoms. The summed E-state index contributed by atoms with van der Waals surface area (Å²) >= 11 is 0. The van der Waals surface area contributed by atoms with Crippen LogP contribution in [0.3, 0.4) is 0 Å². The maximum Gasteiger partial charge on any atom is 0.269 e. The lowest BCUT2D eigenvalue weighted by Gasteiger charge is -2.10. The molecule has 2 amide bonds. The Kier molecular flexibility index (Phi) is 8.27. The number of benzene rings is 1. The molecule has 0 aliphatic heterocycles. The number of nitrogens with zero attached hydrogens (tertiary/aromatic N) is 1. The minimum absolute atomic E-state index is 0.199. The number of carbonyl (C=O) groups is 2. The number of methoxy groups -OCH3 is 2. The van der Waals surface area contributed by atoms with Crippen LogP contribution in [0.5, 0.6) is 11.5 Å². The summed E-state index contributed by atoms with van der Waals surface area (Å²) < 4.78 is 10.5. The van der Waals surface area contributed by atoms with Gasteiger partial charge >= 0.3 is 0 Å². The van der Waals surface area contributed by atoms with Crippen molar-refractivity contribution in [1.82, 2.24) is 15.6 Å². The van der Waals surface area contributed by atoms with Crippen molar-refractivity contribution in [2.24, 2.45) is 0 Å². The van der Waals surface area contributed by atoms with Crippen molar-refractivity contribution in [3.63, 3.8) is 0 Å². The lowest BCUT2D eigenvalue weighted by atomic mass is 10.1. The molecule has 0 aliphatic rings. The SMILES string of the molecule is CCCCNC(=O)c1ccnc(C(=O)NCCc2ccc(OC)c(OC)c2)c1. The molecular formula is C21H27N3O4. The van der Waals surface area contributed by atoms with Crippen LogP contribution >= 0.6 is 0 Å². The van der Waals surface area contributed by atoms with E-state index in [1.807, 2.05) is 18.2 Å². The van der Waals surface area contributed by atoms with Crippen molar-refractivity contribution in [2.45, 2.75) is 26.2 Å². The number of carbonyl (C=O) groups excluding carboxylic acids is 2. The highest BCUT2D eigenvalue weighted by molar-refractivity contribution is 5.98. The van der Waals surface area contributed by atoms with E-state index in [1.165, 1.54) is 12.3 Å². The maximum absolute atomic E-state index is 12.3. The first kappa shape index (κ1) is 21.2. The van der Waals surface area contributed by atoms with Gasteiger partial charge in [0.1, 0.15) is 5.69 Å². The van der Waals surface area contributed by atoms with E-state index in [4.69, 9.17) is 9.47 Å². The second kappa shape index (κ2) is 10.9. The van der Waals surface area contributed by atoms with Crippen molar-refractivity contribution in [1.29, 1.82) is 0 Å². The molecule has 2 N–H and O–H groups in total. The number of nitrogens with one attached hydrogen (secondary N) is 2. The predicted molar refractivity (Wildman–Crippen MR) is 107 cm³/mol. The van der Waals surface area contributed by atoms with Crippen LogP contribution < -0.4 is 20.1 Å². The molecule has 28 heavy (non-hydrogen) atoms. The van der Waals surface area contributed by atoms with Crippen molar-refractivity contribution in [3.8, 4) is 11.5 Å². The van der Waals surface area contributed by atoms with Crippen LogP contribution in [0.25, 0.3) is 0 Å². The number of unbranched alkanes of at least 4 members (excludes halogenated alkanes) is 1. The van der Waals surface area contributed by atoms with Gasteiger partial charge in [-0.05, 0) is 42.7 Å². The van der Waals surface area contributed by atoms with Gasteiger partial charge in [0, 0.05) is 24.8 Å². The third-order valence-electron chi connectivity index (χ3n) is 4.22. The molecule has 1 heterocycles. The zero-order chi connectivity index (χ0) is 20.4. The molecule has 7 heteroatoms. The Labute approximate surface area is 165 Å². The van der Waals surface area contributed by atoms with Gasteiger partial charge in [0.15, 0.2) is 11.5 Å². The molecule has 1 aromatic carbocycles.